The fourth-order valence-electron chi connectivity index (χ4n) is 3.02. The highest BCUT2D eigenvalue weighted by Crippen LogP contribution is 2.25. The number of aromatic nitrogens is 3. The summed E-state index contributed by atoms with van der Waals surface area (Å²) in [5.41, 5.74) is 3.54. The Morgan fingerprint density at radius 2 is 2.04 bits per heavy atom. The summed E-state index contributed by atoms with van der Waals surface area (Å²) >= 11 is 0. The van der Waals surface area contributed by atoms with Crippen molar-refractivity contribution in [2.75, 3.05) is 7.11 Å². The lowest BCUT2D eigenvalue weighted by molar-refractivity contribution is 0.415. The summed E-state index contributed by atoms with van der Waals surface area (Å²) in [6.07, 6.45) is 6.69. The van der Waals surface area contributed by atoms with Crippen molar-refractivity contribution < 1.29 is 4.74 Å². The van der Waals surface area contributed by atoms with Gasteiger partial charge in [0.2, 0.25) is 0 Å². The lowest BCUT2D eigenvalue weighted by atomic mass is 10.2. The van der Waals surface area contributed by atoms with Gasteiger partial charge in [-0.3, -0.25) is 0 Å². The van der Waals surface area contributed by atoms with Crippen LogP contribution >= 0.6 is 0 Å². The van der Waals surface area contributed by atoms with Gasteiger partial charge in [0, 0.05) is 24.4 Å². The number of hydrogen-bond acceptors (Lipinski definition) is 2. The molecule has 0 aliphatic rings. The standard InChI is InChI=1S/C19H25N3O/c1-5-6-15-9-10-21(12-15)13-22-18-11-16(23-4)7-8-17(18)20-19(22)14(2)3/h7-12,14H,5-6,13H2,1-4H3. The highest BCUT2D eigenvalue weighted by molar-refractivity contribution is 5.78. The van der Waals surface area contributed by atoms with Crippen LogP contribution in [0, 0.1) is 0 Å². The molecular weight excluding hydrogens is 286 g/mol. The summed E-state index contributed by atoms with van der Waals surface area (Å²) < 4.78 is 9.91. The molecule has 0 N–H and O–H groups in total. The summed E-state index contributed by atoms with van der Waals surface area (Å²) in [7, 11) is 1.70. The molecule has 0 saturated carbocycles. The van der Waals surface area contributed by atoms with Gasteiger partial charge in [-0.15, -0.1) is 0 Å². The monoisotopic (exact) mass is 311 g/mol. The molecule has 4 nitrogen and oxygen atoms in total. The molecule has 2 aromatic heterocycles. The molecule has 0 atom stereocenters. The third-order valence-corrected chi connectivity index (χ3v) is 4.16. The summed E-state index contributed by atoms with van der Waals surface area (Å²) in [5, 5.41) is 0. The van der Waals surface area contributed by atoms with Gasteiger partial charge in [-0.05, 0) is 30.2 Å². The van der Waals surface area contributed by atoms with Crippen molar-refractivity contribution in [1.82, 2.24) is 14.1 Å². The molecule has 0 fully saturated rings. The number of fused-ring (bicyclic) bond motifs is 1. The molecule has 3 rings (SSSR count). The number of hydrogen-bond donors (Lipinski definition) is 0. The van der Waals surface area contributed by atoms with Crippen LogP contribution in [0.2, 0.25) is 0 Å². The largest absolute Gasteiger partial charge is 0.497 e. The van der Waals surface area contributed by atoms with Crippen LogP contribution in [0.4, 0.5) is 0 Å². The molecule has 0 aliphatic carbocycles. The Kier molecular flexibility index (Phi) is 4.42. The first-order chi connectivity index (χ1) is 11.1. The highest BCUT2D eigenvalue weighted by Gasteiger charge is 2.14. The van der Waals surface area contributed by atoms with E-state index in [0.29, 0.717) is 5.92 Å². The van der Waals surface area contributed by atoms with Crippen LogP contribution in [-0.4, -0.2) is 21.2 Å². The van der Waals surface area contributed by atoms with E-state index in [1.165, 1.54) is 12.0 Å². The van der Waals surface area contributed by atoms with E-state index in [2.05, 4.69) is 54.4 Å². The maximum absolute atomic E-state index is 5.39. The third-order valence-electron chi connectivity index (χ3n) is 4.16. The smallest absolute Gasteiger partial charge is 0.121 e. The van der Waals surface area contributed by atoms with E-state index < -0.39 is 0 Å². The predicted molar refractivity (Wildman–Crippen MR) is 94.2 cm³/mol. The van der Waals surface area contributed by atoms with Gasteiger partial charge < -0.3 is 13.9 Å². The number of rotatable bonds is 6. The SMILES string of the molecule is CCCc1ccn(Cn2c(C(C)C)nc3ccc(OC)cc32)c1. The van der Waals surface area contributed by atoms with Crippen LogP contribution in [0.1, 0.15) is 44.5 Å². The van der Waals surface area contributed by atoms with E-state index in [0.717, 1.165) is 35.7 Å². The Balaban J connectivity index is 2.03. The van der Waals surface area contributed by atoms with E-state index in [9.17, 15) is 0 Å². The topological polar surface area (TPSA) is 32.0 Å². The molecule has 0 spiro atoms. The van der Waals surface area contributed by atoms with Gasteiger partial charge in [0.25, 0.3) is 0 Å². The first-order valence-corrected chi connectivity index (χ1v) is 8.31. The molecular formula is C19H25N3O. The fourth-order valence-corrected chi connectivity index (χ4v) is 3.02. The highest BCUT2D eigenvalue weighted by atomic mass is 16.5. The Hall–Kier alpha value is -2.23. The maximum atomic E-state index is 5.39. The number of methoxy groups -OCH3 is 1. The normalized spacial score (nSPS) is 11.5. The maximum Gasteiger partial charge on any atom is 0.121 e. The van der Waals surface area contributed by atoms with Gasteiger partial charge in [-0.2, -0.15) is 0 Å². The lowest BCUT2D eigenvalue weighted by Crippen LogP contribution is -2.11. The van der Waals surface area contributed by atoms with Crippen LogP contribution in [-0.2, 0) is 13.1 Å². The van der Waals surface area contributed by atoms with E-state index >= 15 is 0 Å². The van der Waals surface area contributed by atoms with Gasteiger partial charge in [0.15, 0.2) is 0 Å². The van der Waals surface area contributed by atoms with Crippen LogP contribution in [0.25, 0.3) is 11.0 Å². The van der Waals surface area contributed by atoms with Gasteiger partial charge >= 0.3 is 0 Å². The Morgan fingerprint density at radius 1 is 1.22 bits per heavy atom. The van der Waals surface area contributed by atoms with E-state index in [1.54, 1.807) is 7.11 Å². The zero-order valence-corrected chi connectivity index (χ0v) is 14.4. The minimum Gasteiger partial charge on any atom is -0.497 e. The number of imidazole rings is 1. The molecule has 0 bridgehead atoms. The molecule has 23 heavy (non-hydrogen) atoms. The zero-order chi connectivity index (χ0) is 16.4. The predicted octanol–water partition coefficient (Wildman–Crippen LogP) is 4.43. The number of ether oxygens (including phenoxy) is 1. The van der Waals surface area contributed by atoms with Crippen molar-refractivity contribution in [2.45, 2.75) is 46.2 Å². The van der Waals surface area contributed by atoms with E-state index in [4.69, 9.17) is 9.72 Å². The average molecular weight is 311 g/mol. The van der Waals surface area contributed by atoms with Gasteiger partial charge in [-0.1, -0.05) is 27.2 Å². The van der Waals surface area contributed by atoms with E-state index in [-0.39, 0.29) is 0 Å². The van der Waals surface area contributed by atoms with Crippen LogP contribution in [0.5, 0.6) is 5.75 Å². The molecule has 0 aliphatic heterocycles. The van der Waals surface area contributed by atoms with Crippen molar-refractivity contribution in [3.8, 4) is 5.75 Å². The second-order valence-electron chi connectivity index (χ2n) is 6.33. The van der Waals surface area contributed by atoms with Crippen molar-refractivity contribution in [2.24, 2.45) is 0 Å². The van der Waals surface area contributed by atoms with Crippen molar-refractivity contribution >= 4 is 11.0 Å². The third kappa shape index (κ3) is 3.11. The molecule has 1 aromatic carbocycles. The van der Waals surface area contributed by atoms with Crippen LogP contribution in [0.3, 0.4) is 0 Å². The zero-order valence-electron chi connectivity index (χ0n) is 14.4. The minimum absolute atomic E-state index is 0.374. The first-order valence-electron chi connectivity index (χ1n) is 8.31. The number of aryl methyl sites for hydroxylation is 1. The fraction of sp³-hybridized carbons (Fsp3) is 0.421. The molecule has 0 amide bonds. The van der Waals surface area contributed by atoms with Gasteiger partial charge in [0.05, 0.1) is 18.1 Å². The molecule has 0 radical (unpaired) electrons. The van der Waals surface area contributed by atoms with Crippen LogP contribution < -0.4 is 4.74 Å². The molecule has 3 aromatic rings. The second-order valence-corrected chi connectivity index (χ2v) is 6.33. The van der Waals surface area contributed by atoms with Crippen molar-refractivity contribution in [3.05, 3.63) is 48.0 Å². The quantitative estimate of drug-likeness (QED) is 0.674. The molecule has 122 valence electrons. The van der Waals surface area contributed by atoms with Gasteiger partial charge in [0.1, 0.15) is 18.2 Å². The Labute approximate surface area is 137 Å². The number of nitrogens with zero attached hydrogens (tertiary/aromatic N) is 3. The Morgan fingerprint density at radius 3 is 2.74 bits per heavy atom. The summed E-state index contributed by atoms with van der Waals surface area (Å²) in [5.74, 6) is 2.35. The number of benzene rings is 1. The Bertz CT molecular complexity index is 798. The lowest BCUT2D eigenvalue weighted by Gasteiger charge is -2.13. The van der Waals surface area contributed by atoms with E-state index in [1.807, 2.05) is 12.1 Å². The molecule has 2 heterocycles. The average Bonchev–Trinajstić information content (AvgIpc) is 3.12. The first kappa shape index (κ1) is 15.7. The molecule has 4 heteroatoms. The second kappa shape index (κ2) is 6.49. The van der Waals surface area contributed by atoms with Crippen molar-refractivity contribution in [1.29, 1.82) is 0 Å². The summed E-state index contributed by atoms with van der Waals surface area (Å²) in [6.45, 7) is 7.37. The minimum atomic E-state index is 0.374. The summed E-state index contributed by atoms with van der Waals surface area (Å²) in [4.78, 5) is 4.82. The van der Waals surface area contributed by atoms with Gasteiger partial charge in [-0.25, -0.2) is 4.98 Å². The molecule has 0 unspecified atom stereocenters. The molecule has 0 saturated heterocycles. The van der Waals surface area contributed by atoms with Crippen molar-refractivity contribution in [3.63, 3.8) is 0 Å². The summed E-state index contributed by atoms with van der Waals surface area (Å²) in [6, 6.07) is 8.29. The van der Waals surface area contributed by atoms with Crippen LogP contribution in [0.15, 0.2) is 36.7 Å².